The van der Waals surface area contributed by atoms with E-state index in [0.717, 1.165) is 45.6 Å². The molecule has 1 unspecified atom stereocenters. The lowest BCUT2D eigenvalue weighted by Crippen LogP contribution is -2.49. The van der Waals surface area contributed by atoms with E-state index in [2.05, 4.69) is 17.1 Å². The lowest BCUT2D eigenvalue weighted by Gasteiger charge is -2.33. The molecule has 1 rings (SSSR count). The Morgan fingerprint density at radius 1 is 1.35 bits per heavy atom. The van der Waals surface area contributed by atoms with Crippen molar-refractivity contribution in [1.29, 1.82) is 0 Å². The predicted molar refractivity (Wildman–Crippen MR) is 70.3 cm³/mol. The van der Waals surface area contributed by atoms with E-state index in [-0.39, 0.29) is 6.10 Å². The topological polar surface area (TPSA) is 44.7 Å². The summed E-state index contributed by atoms with van der Waals surface area (Å²) in [7, 11) is 0. The summed E-state index contributed by atoms with van der Waals surface area (Å²) in [5.41, 5.74) is -0.556. The Morgan fingerprint density at radius 2 is 2.06 bits per heavy atom. The average Bonchev–Trinajstić information content (AvgIpc) is 2.39. The number of morpholine rings is 1. The maximum Gasteiger partial charge on any atom is 0.0826 e. The van der Waals surface area contributed by atoms with Gasteiger partial charge < -0.3 is 15.2 Å². The fourth-order valence-electron chi connectivity index (χ4n) is 2.16. The number of rotatable bonds is 7. The quantitative estimate of drug-likeness (QED) is 0.697. The Kier molecular flexibility index (Phi) is 6.41. The summed E-state index contributed by atoms with van der Waals surface area (Å²) in [5.74, 6) is 0. The SMILES string of the molecule is CCN1CCOC(CNCC(O)(CC)CC)C1. The van der Waals surface area contributed by atoms with E-state index in [1.807, 2.05) is 13.8 Å². The van der Waals surface area contributed by atoms with Gasteiger partial charge in [-0.15, -0.1) is 0 Å². The minimum Gasteiger partial charge on any atom is -0.389 e. The van der Waals surface area contributed by atoms with Gasteiger partial charge in [-0.25, -0.2) is 0 Å². The first-order valence-electron chi connectivity index (χ1n) is 6.90. The largest absolute Gasteiger partial charge is 0.389 e. The third kappa shape index (κ3) is 4.92. The molecular weight excluding hydrogens is 216 g/mol. The first kappa shape index (κ1) is 14.9. The smallest absolute Gasteiger partial charge is 0.0826 e. The fourth-order valence-corrected chi connectivity index (χ4v) is 2.16. The van der Waals surface area contributed by atoms with Crippen LogP contribution in [0.4, 0.5) is 0 Å². The molecule has 102 valence electrons. The summed E-state index contributed by atoms with van der Waals surface area (Å²) in [6.45, 7) is 11.7. The number of aliphatic hydroxyl groups is 1. The van der Waals surface area contributed by atoms with Crippen LogP contribution in [0.3, 0.4) is 0 Å². The molecule has 0 aromatic rings. The molecule has 1 aliphatic heterocycles. The highest BCUT2D eigenvalue weighted by Crippen LogP contribution is 2.13. The second-order valence-electron chi connectivity index (χ2n) is 4.95. The van der Waals surface area contributed by atoms with Crippen molar-refractivity contribution in [2.75, 3.05) is 39.3 Å². The molecule has 1 aliphatic rings. The van der Waals surface area contributed by atoms with Crippen LogP contribution in [0, 0.1) is 0 Å². The Bertz CT molecular complexity index is 208. The first-order chi connectivity index (χ1) is 8.13. The van der Waals surface area contributed by atoms with E-state index in [1.54, 1.807) is 0 Å². The zero-order valence-electron chi connectivity index (χ0n) is 11.5. The predicted octanol–water partition coefficient (Wildman–Crippen LogP) is 0.848. The van der Waals surface area contributed by atoms with Crippen molar-refractivity contribution >= 4 is 0 Å². The summed E-state index contributed by atoms with van der Waals surface area (Å²) in [6, 6.07) is 0. The summed E-state index contributed by atoms with van der Waals surface area (Å²) in [6.07, 6.45) is 1.85. The van der Waals surface area contributed by atoms with Gasteiger partial charge in [-0.1, -0.05) is 20.8 Å². The monoisotopic (exact) mass is 244 g/mol. The fraction of sp³-hybridized carbons (Fsp3) is 1.00. The molecule has 1 heterocycles. The van der Waals surface area contributed by atoms with E-state index >= 15 is 0 Å². The van der Waals surface area contributed by atoms with Gasteiger partial charge in [-0.05, 0) is 19.4 Å². The van der Waals surface area contributed by atoms with Crippen molar-refractivity contribution < 1.29 is 9.84 Å². The molecule has 4 heteroatoms. The molecular formula is C13H28N2O2. The number of nitrogens with one attached hydrogen (secondary N) is 1. The standard InChI is InChI=1S/C13H28N2O2/c1-4-13(16,5-2)11-14-9-12-10-15(6-3)7-8-17-12/h12,14,16H,4-11H2,1-3H3. The van der Waals surface area contributed by atoms with Crippen molar-refractivity contribution in [2.24, 2.45) is 0 Å². The van der Waals surface area contributed by atoms with E-state index in [9.17, 15) is 5.11 Å². The van der Waals surface area contributed by atoms with Crippen LogP contribution in [0.15, 0.2) is 0 Å². The van der Waals surface area contributed by atoms with Crippen molar-refractivity contribution in [2.45, 2.75) is 45.3 Å². The van der Waals surface area contributed by atoms with Crippen LogP contribution < -0.4 is 5.32 Å². The molecule has 0 radical (unpaired) electrons. The molecule has 1 fully saturated rings. The molecule has 17 heavy (non-hydrogen) atoms. The molecule has 1 atom stereocenters. The Hall–Kier alpha value is -0.160. The summed E-state index contributed by atoms with van der Waals surface area (Å²) >= 11 is 0. The molecule has 1 saturated heterocycles. The molecule has 0 spiro atoms. The van der Waals surface area contributed by atoms with Crippen molar-refractivity contribution in [3.8, 4) is 0 Å². The summed E-state index contributed by atoms with van der Waals surface area (Å²) in [5, 5.41) is 13.5. The number of nitrogens with zero attached hydrogens (tertiary/aromatic N) is 1. The number of ether oxygens (including phenoxy) is 1. The van der Waals surface area contributed by atoms with Gasteiger partial charge in [0.05, 0.1) is 18.3 Å². The Labute approximate surface area is 105 Å². The van der Waals surface area contributed by atoms with Gasteiger partial charge >= 0.3 is 0 Å². The maximum atomic E-state index is 10.1. The van der Waals surface area contributed by atoms with Gasteiger partial charge in [0.2, 0.25) is 0 Å². The minimum atomic E-state index is -0.556. The first-order valence-corrected chi connectivity index (χ1v) is 6.90. The van der Waals surface area contributed by atoms with Crippen LogP contribution in [0.2, 0.25) is 0 Å². The molecule has 0 bridgehead atoms. The molecule has 0 aromatic carbocycles. The van der Waals surface area contributed by atoms with E-state index in [1.165, 1.54) is 0 Å². The van der Waals surface area contributed by atoms with Gasteiger partial charge in [0.1, 0.15) is 0 Å². The highest BCUT2D eigenvalue weighted by atomic mass is 16.5. The third-order valence-electron chi connectivity index (χ3n) is 3.81. The molecule has 0 aromatic heterocycles. The van der Waals surface area contributed by atoms with Crippen LogP contribution in [-0.2, 0) is 4.74 Å². The highest BCUT2D eigenvalue weighted by Gasteiger charge is 2.23. The highest BCUT2D eigenvalue weighted by molar-refractivity contribution is 4.80. The molecule has 0 aliphatic carbocycles. The number of hydrogen-bond acceptors (Lipinski definition) is 4. The minimum absolute atomic E-state index is 0.265. The lowest BCUT2D eigenvalue weighted by atomic mass is 9.97. The zero-order valence-corrected chi connectivity index (χ0v) is 11.5. The van der Waals surface area contributed by atoms with Crippen LogP contribution in [-0.4, -0.2) is 61.0 Å². The van der Waals surface area contributed by atoms with Crippen LogP contribution >= 0.6 is 0 Å². The van der Waals surface area contributed by atoms with Crippen molar-refractivity contribution in [1.82, 2.24) is 10.2 Å². The van der Waals surface area contributed by atoms with E-state index in [4.69, 9.17) is 4.74 Å². The Balaban J connectivity index is 2.21. The zero-order chi connectivity index (χ0) is 12.7. The van der Waals surface area contributed by atoms with Gasteiger partial charge in [0.25, 0.3) is 0 Å². The van der Waals surface area contributed by atoms with Crippen molar-refractivity contribution in [3.05, 3.63) is 0 Å². The van der Waals surface area contributed by atoms with Crippen LogP contribution in [0.25, 0.3) is 0 Å². The summed E-state index contributed by atoms with van der Waals surface area (Å²) < 4.78 is 5.71. The normalized spacial score (nSPS) is 22.9. The second kappa shape index (κ2) is 7.31. The molecule has 0 saturated carbocycles. The average molecular weight is 244 g/mol. The second-order valence-corrected chi connectivity index (χ2v) is 4.95. The van der Waals surface area contributed by atoms with Crippen LogP contribution in [0.1, 0.15) is 33.6 Å². The van der Waals surface area contributed by atoms with Gasteiger partial charge in [-0.3, -0.25) is 4.90 Å². The van der Waals surface area contributed by atoms with E-state index in [0.29, 0.717) is 6.54 Å². The maximum absolute atomic E-state index is 10.1. The molecule has 2 N–H and O–H groups in total. The van der Waals surface area contributed by atoms with Gasteiger partial charge in [0, 0.05) is 26.2 Å². The molecule has 4 nitrogen and oxygen atoms in total. The van der Waals surface area contributed by atoms with E-state index < -0.39 is 5.60 Å². The Morgan fingerprint density at radius 3 is 2.65 bits per heavy atom. The van der Waals surface area contributed by atoms with Gasteiger partial charge in [0.15, 0.2) is 0 Å². The third-order valence-corrected chi connectivity index (χ3v) is 3.81. The lowest BCUT2D eigenvalue weighted by molar-refractivity contribution is -0.0299. The number of hydrogen-bond donors (Lipinski definition) is 2. The summed E-state index contributed by atoms with van der Waals surface area (Å²) in [4.78, 5) is 2.40. The number of likely N-dealkylation sites (N-methyl/N-ethyl adjacent to an activating group) is 1. The molecule has 0 amide bonds. The van der Waals surface area contributed by atoms with Crippen molar-refractivity contribution in [3.63, 3.8) is 0 Å². The van der Waals surface area contributed by atoms with Gasteiger partial charge in [-0.2, -0.15) is 0 Å². The van der Waals surface area contributed by atoms with Crippen LogP contribution in [0.5, 0.6) is 0 Å².